The average Bonchev–Trinajstić information content (AvgIpc) is 2.38. The SMILES string of the molecule is COCC(CBr)NC(=O)c1cc(C)ccc1OC. The van der Waals surface area contributed by atoms with E-state index in [1.807, 2.05) is 19.1 Å². The number of rotatable bonds is 6. The van der Waals surface area contributed by atoms with E-state index in [1.54, 1.807) is 20.3 Å². The van der Waals surface area contributed by atoms with Crippen LogP contribution in [0.3, 0.4) is 0 Å². The van der Waals surface area contributed by atoms with E-state index in [0.717, 1.165) is 5.56 Å². The lowest BCUT2D eigenvalue weighted by molar-refractivity contribution is 0.0905. The average molecular weight is 316 g/mol. The summed E-state index contributed by atoms with van der Waals surface area (Å²) >= 11 is 3.34. The first kappa shape index (κ1) is 15.0. The second-order valence-corrected chi connectivity index (χ2v) is 4.63. The number of carbonyl (C=O) groups is 1. The summed E-state index contributed by atoms with van der Waals surface area (Å²) in [5.74, 6) is 0.417. The molecule has 0 spiro atoms. The molecule has 0 fully saturated rings. The van der Waals surface area contributed by atoms with Gasteiger partial charge in [-0.3, -0.25) is 4.79 Å². The van der Waals surface area contributed by atoms with Crippen molar-refractivity contribution < 1.29 is 14.3 Å². The first-order chi connectivity index (χ1) is 8.62. The van der Waals surface area contributed by atoms with Crippen LogP contribution in [0.15, 0.2) is 18.2 Å². The summed E-state index contributed by atoms with van der Waals surface area (Å²) in [4.78, 5) is 12.2. The lowest BCUT2D eigenvalue weighted by Gasteiger charge is -2.16. The fraction of sp³-hybridized carbons (Fsp3) is 0.462. The topological polar surface area (TPSA) is 47.6 Å². The maximum atomic E-state index is 12.2. The summed E-state index contributed by atoms with van der Waals surface area (Å²) < 4.78 is 10.2. The molecule has 0 saturated carbocycles. The quantitative estimate of drug-likeness (QED) is 0.818. The number of hydrogen-bond donors (Lipinski definition) is 1. The second-order valence-electron chi connectivity index (χ2n) is 3.98. The summed E-state index contributed by atoms with van der Waals surface area (Å²) in [5, 5.41) is 3.53. The molecule has 1 aromatic rings. The van der Waals surface area contributed by atoms with Gasteiger partial charge in [0.25, 0.3) is 5.91 Å². The normalized spacial score (nSPS) is 12.0. The number of ether oxygens (including phenoxy) is 2. The van der Waals surface area contributed by atoms with Crippen LogP contribution in [0.4, 0.5) is 0 Å². The Kier molecular flexibility index (Phi) is 6.15. The van der Waals surface area contributed by atoms with Gasteiger partial charge in [0.05, 0.1) is 25.3 Å². The van der Waals surface area contributed by atoms with Gasteiger partial charge in [0.15, 0.2) is 0 Å². The van der Waals surface area contributed by atoms with Crippen molar-refractivity contribution in [3.05, 3.63) is 29.3 Å². The van der Waals surface area contributed by atoms with Gasteiger partial charge >= 0.3 is 0 Å². The minimum absolute atomic E-state index is 0.0623. The number of alkyl halides is 1. The first-order valence-electron chi connectivity index (χ1n) is 5.62. The summed E-state index contributed by atoms with van der Waals surface area (Å²) in [7, 11) is 3.16. The summed E-state index contributed by atoms with van der Waals surface area (Å²) in [6, 6.07) is 5.45. The van der Waals surface area contributed by atoms with E-state index < -0.39 is 0 Å². The highest BCUT2D eigenvalue weighted by Gasteiger charge is 2.16. The highest BCUT2D eigenvalue weighted by atomic mass is 79.9. The highest BCUT2D eigenvalue weighted by Crippen LogP contribution is 2.19. The summed E-state index contributed by atoms with van der Waals surface area (Å²) in [6.45, 7) is 2.40. The van der Waals surface area contributed by atoms with Crippen molar-refractivity contribution in [1.29, 1.82) is 0 Å². The second kappa shape index (κ2) is 7.38. The van der Waals surface area contributed by atoms with Crippen molar-refractivity contribution in [3.8, 4) is 5.75 Å². The fourth-order valence-corrected chi connectivity index (χ4v) is 1.94. The van der Waals surface area contributed by atoms with Crippen molar-refractivity contribution in [1.82, 2.24) is 5.32 Å². The molecule has 1 unspecified atom stereocenters. The minimum Gasteiger partial charge on any atom is -0.496 e. The predicted octanol–water partition coefficient (Wildman–Crippen LogP) is 2.14. The van der Waals surface area contributed by atoms with Gasteiger partial charge in [-0.15, -0.1) is 0 Å². The Morgan fingerprint density at radius 2 is 2.17 bits per heavy atom. The molecule has 0 aliphatic heterocycles. The molecule has 0 aliphatic rings. The van der Waals surface area contributed by atoms with Gasteiger partial charge in [0.1, 0.15) is 5.75 Å². The molecule has 1 rings (SSSR count). The van der Waals surface area contributed by atoms with Crippen LogP contribution < -0.4 is 10.1 Å². The Morgan fingerprint density at radius 3 is 2.72 bits per heavy atom. The van der Waals surface area contributed by atoms with Crippen molar-refractivity contribution in [3.63, 3.8) is 0 Å². The van der Waals surface area contributed by atoms with Gasteiger partial charge in [-0.2, -0.15) is 0 Å². The number of methoxy groups -OCH3 is 2. The smallest absolute Gasteiger partial charge is 0.255 e. The Bertz CT molecular complexity index is 409. The van der Waals surface area contributed by atoms with Crippen LogP contribution >= 0.6 is 15.9 Å². The Balaban J connectivity index is 2.85. The van der Waals surface area contributed by atoms with Gasteiger partial charge in [0.2, 0.25) is 0 Å². The maximum Gasteiger partial charge on any atom is 0.255 e. The maximum absolute atomic E-state index is 12.2. The molecule has 1 aromatic carbocycles. The molecule has 100 valence electrons. The minimum atomic E-state index is -0.156. The molecule has 0 heterocycles. The van der Waals surface area contributed by atoms with Crippen LogP contribution in [-0.4, -0.2) is 38.1 Å². The lowest BCUT2D eigenvalue weighted by Crippen LogP contribution is -2.39. The van der Waals surface area contributed by atoms with Crippen molar-refractivity contribution in [2.24, 2.45) is 0 Å². The number of amides is 1. The van der Waals surface area contributed by atoms with Crippen LogP contribution in [-0.2, 0) is 4.74 Å². The molecule has 4 nitrogen and oxygen atoms in total. The molecular formula is C13H18BrNO3. The molecule has 0 bridgehead atoms. The third kappa shape index (κ3) is 3.99. The van der Waals surface area contributed by atoms with Crippen LogP contribution in [0, 0.1) is 6.92 Å². The third-order valence-corrected chi connectivity index (χ3v) is 3.27. The number of hydrogen-bond acceptors (Lipinski definition) is 3. The number of benzene rings is 1. The van der Waals surface area contributed by atoms with Crippen molar-refractivity contribution >= 4 is 21.8 Å². The number of carbonyl (C=O) groups excluding carboxylic acids is 1. The van der Waals surface area contributed by atoms with E-state index in [0.29, 0.717) is 23.2 Å². The molecule has 1 amide bonds. The van der Waals surface area contributed by atoms with E-state index in [9.17, 15) is 4.79 Å². The van der Waals surface area contributed by atoms with Crippen molar-refractivity contribution in [2.45, 2.75) is 13.0 Å². The molecule has 18 heavy (non-hydrogen) atoms. The van der Waals surface area contributed by atoms with Crippen LogP contribution in [0.5, 0.6) is 5.75 Å². The van der Waals surface area contributed by atoms with E-state index >= 15 is 0 Å². The molecule has 0 aromatic heterocycles. The standard InChI is InChI=1S/C13H18BrNO3/c1-9-4-5-12(18-3)11(6-9)13(16)15-10(7-14)8-17-2/h4-6,10H,7-8H2,1-3H3,(H,15,16). The number of nitrogens with one attached hydrogen (secondary N) is 1. The zero-order valence-corrected chi connectivity index (χ0v) is 12.4. The highest BCUT2D eigenvalue weighted by molar-refractivity contribution is 9.09. The van der Waals surface area contributed by atoms with E-state index in [1.165, 1.54) is 0 Å². The van der Waals surface area contributed by atoms with Crippen LogP contribution in [0.1, 0.15) is 15.9 Å². The molecule has 0 saturated heterocycles. The van der Waals surface area contributed by atoms with E-state index in [-0.39, 0.29) is 11.9 Å². The monoisotopic (exact) mass is 315 g/mol. The summed E-state index contributed by atoms with van der Waals surface area (Å²) in [5.41, 5.74) is 1.56. The van der Waals surface area contributed by atoms with E-state index in [2.05, 4.69) is 21.2 Å². The molecule has 1 N–H and O–H groups in total. The van der Waals surface area contributed by atoms with Gasteiger partial charge < -0.3 is 14.8 Å². The Morgan fingerprint density at radius 1 is 1.44 bits per heavy atom. The van der Waals surface area contributed by atoms with Gasteiger partial charge in [-0.05, 0) is 19.1 Å². The summed E-state index contributed by atoms with van der Waals surface area (Å²) in [6.07, 6.45) is 0. The zero-order chi connectivity index (χ0) is 13.5. The Labute approximate surface area is 116 Å². The number of aryl methyl sites for hydroxylation is 1. The molecule has 0 aliphatic carbocycles. The Hall–Kier alpha value is -1.07. The zero-order valence-electron chi connectivity index (χ0n) is 10.8. The van der Waals surface area contributed by atoms with Crippen molar-refractivity contribution in [2.75, 3.05) is 26.2 Å². The van der Waals surface area contributed by atoms with Gasteiger partial charge in [-0.25, -0.2) is 0 Å². The molecule has 0 radical (unpaired) electrons. The van der Waals surface area contributed by atoms with Crippen LogP contribution in [0.2, 0.25) is 0 Å². The number of halogens is 1. The largest absolute Gasteiger partial charge is 0.496 e. The van der Waals surface area contributed by atoms with Gasteiger partial charge in [-0.1, -0.05) is 27.6 Å². The predicted molar refractivity (Wildman–Crippen MR) is 74.7 cm³/mol. The third-order valence-electron chi connectivity index (χ3n) is 2.49. The molecule has 5 heteroatoms. The van der Waals surface area contributed by atoms with Crippen LogP contribution in [0.25, 0.3) is 0 Å². The molecular weight excluding hydrogens is 298 g/mol. The first-order valence-corrected chi connectivity index (χ1v) is 6.75. The fourth-order valence-electron chi connectivity index (χ4n) is 1.59. The molecule has 1 atom stereocenters. The van der Waals surface area contributed by atoms with Gasteiger partial charge in [0, 0.05) is 12.4 Å². The van der Waals surface area contributed by atoms with E-state index in [4.69, 9.17) is 9.47 Å². The lowest BCUT2D eigenvalue weighted by atomic mass is 10.1.